The fourth-order valence-corrected chi connectivity index (χ4v) is 3.45. The maximum Gasteiger partial charge on any atom is 0.161 e. The van der Waals surface area contributed by atoms with Crippen molar-refractivity contribution in [3.05, 3.63) is 23.8 Å². The summed E-state index contributed by atoms with van der Waals surface area (Å²) in [5, 5.41) is 9.88. The van der Waals surface area contributed by atoms with Crippen molar-refractivity contribution < 1.29 is 9.47 Å². The van der Waals surface area contributed by atoms with Crippen LogP contribution in [0.15, 0.2) is 18.2 Å². The minimum absolute atomic E-state index is 0.251. The van der Waals surface area contributed by atoms with E-state index in [0.29, 0.717) is 12.6 Å². The highest BCUT2D eigenvalue weighted by atomic mass is 16.5. The topological polar surface area (TPSA) is 48.7 Å². The van der Waals surface area contributed by atoms with E-state index in [0.717, 1.165) is 56.1 Å². The fraction of sp³-hybridized carbons (Fsp3) is 0.650. The molecule has 1 aromatic rings. The molecule has 0 aliphatic carbocycles. The van der Waals surface area contributed by atoms with E-state index >= 15 is 0 Å². The minimum Gasteiger partial charge on any atom is -0.493 e. The van der Waals surface area contributed by atoms with Crippen LogP contribution in [-0.2, 0) is 0 Å². The van der Waals surface area contributed by atoms with Crippen LogP contribution in [0.5, 0.6) is 11.5 Å². The van der Waals surface area contributed by atoms with Crippen LogP contribution in [-0.4, -0.2) is 55.7 Å². The van der Waals surface area contributed by atoms with Crippen LogP contribution in [0.4, 0.5) is 0 Å². The van der Waals surface area contributed by atoms with E-state index in [2.05, 4.69) is 36.6 Å². The predicted octanol–water partition coefficient (Wildman–Crippen LogP) is 3.46. The van der Waals surface area contributed by atoms with Crippen molar-refractivity contribution in [1.29, 1.82) is 5.26 Å². The summed E-state index contributed by atoms with van der Waals surface area (Å²) < 4.78 is 11.2. The molecule has 0 aromatic heterocycles. The van der Waals surface area contributed by atoms with Gasteiger partial charge in [-0.2, -0.15) is 5.26 Å². The van der Waals surface area contributed by atoms with Crippen molar-refractivity contribution >= 4 is 0 Å². The molecule has 2 unspecified atom stereocenters. The summed E-state index contributed by atoms with van der Waals surface area (Å²) in [6.45, 7) is 11.2. The van der Waals surface area contributed by atoms with Gasteiger partial charge in [-0.25, -0.2) is 0 Å². The van der Waals surface area contributed by atoms with Crippen LogP contribution in [0.3, 0.4) is 0 Å². The Bertz CT molecular complexity index is 585. The smallest absolute Gasteiger partial charge is 0.161 e. The van der Waals surface area contributed by atoms with Gasteiger partial charge in [-0.3, -0.25) is 4.90 Å². The first-order valence-electron chi connectivity index (χ1n) is 9.36. The van der Waals surface area contributed by atoms with Gasteiger partial charge in [0, 0.05) is 25.7 Å². The second-order valence-electron chi connectivity index (χ2n) is 6.48. The molecule has 0 spiro atoms. The largest absolute Gasteiger partial charge is 0.493 e. The lowest BCUT2D eigenvalue weighted by Gasteiger charge is -2.43. The standard InChI is InChI=1S/C20H31N3O2/c1-5-12-25-20-13-16(8-9-19(20)24-4)18(14-21)23-11-10-22(7-3)15-17(23)6-2/h8-9,13,17-18H,5-7,10-12,15H2,1-4H3. The Hall–Kier alpha value is -1.77. The van der Waals surface area contributed by atoms with Crippen LogP contribution in [0.25, 0.3) is 0 Å². The van der Waals surface area contributed by atoms with Crippen molar-refractivity contribution in [2.45, 2.75) is 45.7 Å². The molecule has 0 amide bonds. The quantitative estimate of drug-likeness (QED) is 0.722. The second kappa shape index (κ2) is 9.65. The highest BCUT2D eigenvalue weighted by Crippen LogP contribution is 2.33. The van der Waals surface area contributed by atoms with Gasteiger partial charge in [0.05, 0.1) is 19.8 Å². The summed E-state index contributed by atoms with van der Waals surface area (Å²) in [5.74, 6) is 1.44. The monoisotopic (exact) mass is 345 g/mol. The molecule has 1 aliphatic rings. The van der Waals surface area contributed by atoms with Gasteiger partial charge >= 0.3 is 0 Å². The second-order valence-corrected chi connectivity index (χ2v) is 6.48. The number of piperazine rings is 1. The highest BCUT2D eigenvalue weighted by Gasteiger charge is 2.31. The Labute approximate surface area is 152 Å². The third kappa shape index (κ3) is 4.65. The minimum atomic E-state index is -0.251. The first-order chi connectivity index (χ1) is 12.2. The highest BCUT2D eigenvalue weighted by molar-refractivity contribution is 5.45. The lowest BCUT2D eigenvalue weighted by Crippen LogP contribution is -2.53. The van der Waals surface area contributed by atoms with Gasteiger partial charge in [0.1, 0.15) is 6.04 Å². The van der Waals surface area contributed by atoms with Gasteiger partial charge in [0.2, 0.25) is 0 Å². The van der Waals surface area contributed by atoms with Crippen molar-refractivity contribution in [2.24, 2.45) is 0 Å². The Kier molecular flexibility index (Phi) is 7.54. The van der Waals surface area contributed by atoms with E-state index in [1.807, 2.05) is 18.2 Å². The summed E-state index contributed by atoms with van der Waals surface area (Å²) in [7, 11) is 1.65. The predicted molar refractivity (Wildman–Crippen MR) is 100 cm³/mol. The number of benzene rings is 1. The van der Waals surface area contributed by atoms with Crippen LogP contribution in [0.2, 0.25) is 0 Å². The first-order valence-corrected chi connectivity index (χ1v) is 9.36. The third-order valence-corrected chi connectivity index (χ3v) is 4.95. The SMILES string of the molecule is CCCOc1cc(C(C#N)N2CCN(CC)CC2CC)ccc1OC. The van der Waals surface area contributed by atoms with Crippen molar-refractivity contribution in [3.63, 3.8) is 0 Å². The lowest BCUT2D eigenvalue weighted by atomic mass is 10.0. The van der Waals surface area contributed by atoms with Crippen LogP contribution in [0, 0.1) is 11.3 Å². The molecule has 0 saturated carbocycles. The molecular weight excluding hydrogens is 314 g/mol. The van der Waals surface area contributed by atoms with Crippen molar-refractivity contribution in [1.82, 2.24) is 9.80 Å². The lowest BCUT2D eigenvalue weighted by molar-refractivity contribution is 0.0568. The molecule has 1 aromatic carbocycles. The summed E-state index contributed by atoms with van der Waals surface area (Å²) in [4.78, 5) is 4.81. The molecule has 138 valence electrons. The number of ether oxygens (including phenoxy) is 2. The number of likely N-dealkylation sites (N-methyl/N-ethyl adjacent to an activating group) is 1. The van der Waals surface area contributed by atoms with Gasteiger partial charge in [-0.15, -0.1) is 0 Å². The number of nitrogens with zero attached hydrogens (tertiary/aromatic N) is 3. The molecule has 2 rings (SSSR count). The molecule has 0 N–H and O–H groups in total. The molecule has 1 aliphatic heterocycles. The number of methoxy groups -OCH3 is 1. The molecule has 25 heavy (non-hydrogen) atoms. The molecule has 2 atom stereocenters. The first kappa shape index (κ1) is 19.6. The number of rotatable bonds is 8. The van der Waals surface area contributed by atoms with Crippen molar-refractivity contribution in [3.8, 4) is 17.6 Å². The maximum absolute atomic E-state index is 9.88. The van der Waals surface area contributed by atoms with Crippen molar-refractivity contribution in [2.75, 3.05) is 39.9 Å². The number of nitriles is 1. The normalized spacial score (nSPS) is 20.0. The fourth-order valence-electron chi connectivity index (χ4n) is 3.45. The molecule has 1 fully saturated rings. The van der Waals surface area contributed by atoms with E-state index in [1.54, 1.807) is 7.11 Å². The van der Waals surface area contributed by atoms with E-state index in [9.17, 15) is 5.26 Å². The zero-order valence-corrected chi connectivity index (χ0v) is 16.0. The average molecular weight is 345 g/mol. The summed E-state index contributed by atoms with van der Waals surface area (Å²) in [6.07, 6.45) is 1.98. The molecule has 1 saturated heterocycles. The van der Waals surface area contributed by atoms with Crippen LogP contribution < -0.4 is 9.47 Å². The molecule has 1 heterocycles. The maximum atomic E-state index is 9.88. The summed E-state index contributed by atoms with van der Waals surface area (Å²) in [6, 6.07) is 8.54. The Morgan fingerprint density at radius 1 is 1.24 bits per heavy atom. The molecule has 5 heteroatoms. The molecule has 0 bridgehead atoms. The zero-order valence-electron chi connectivity index (χ0n) is 16.0. The van der Waals surface area contributed by atoms with Gasteiger partial charge < -0.3 is 14.4 Å². The van der Waals surface area contributed by atoms with E-state index < -0.39 is 0 Å². The number of hydrogen-bond donors (Lipinski definition) is 0. The summed E-state index contributed by atoms with van der Waals surface area (Å²) >= 11 is 0. The van der Waals surface area contributed by atoms with Crippen LogP contribution in [0.1, 0.15) is 45.2 Å². The Morgan fingerprint density at radius 3 is 2.64 bits per heavy atom. The van der Waals surface area contributed by atoms with E-state index in [-0.39, 0.29) is 6.04 Å². The van der Waals surface area contributed by atoms with Gasteiger partial charge in [-0.05, 0) is 37.1 Å². The number of hydrogen-bond acceptors (Lipinski definition) is 5. The Balaban J connectivity index is 2.26. The Morgan fingerprint density at radius 2 is 2.04 bits per heavy atom. The van der Waals surface area contributed by atoms with E-state index in [1.165, 1.54) is 0 Å². The molecule has 5 nitrogen and oxygen atoms in total. The van der Waals surface area contributed by atoms with Gasteiger partial charge in [-0.1, -0.05) is 26.8 Å². The van der Waals surface area contributed by atoms with Gasteiger partial charge in [0.25, 0.3) is 0 Å². The van der Waals surface area contributed by atoms with E-state index in [4.69, 9.17) is 9.47 Å². The van der Waals surface area contributed by atoms with Gasteiger partial charge in [0.15, 0.2) is 11.5 Å². The summed E-state index contributed by atoms with van der Waals surface area (Å²) in [5.41, 5.74) is 0.984. The molecular formula is C20H31N3O2. The third-order valence-electron chi connectivity index (χ3n) is 4.95. The average Bonchev–Trinajstić information content (AvgIpc) is 2.67. The van der Waals surface area contributed by atoms with Crippen LogP contribution >= 0.6 is 0 Å². The zero-order chi connectivity index (χ0) is 18.2. The molecule has 0 radical (unpaired) electrons.